The van der Waals surface area contributed by atoms with Crippen molar-refractivity contribution in [2.45, 2.75) is 6.92 Å². The van der Waals surface area contributed by atoms with Crippen molar-refractivity contribution in [3.63, 3.8) is 0 Å². The van der Waals surface area contributed by atoms with Gasteiger partial charge in [-0.3, -0.25) is 0 Å². The highest BCUT2D eigenvalue weighted by atomic mass is 32.1. The van der Waals surface area contributed by atoms with Crippen LogP contribution in [-0.2, 0) is 0 Å². The zero-order valence-electron chi connectivity index (χ0n) is 2.47. The number of nitrogens with zero attached hydrogens (tertiary/aromatic N) is 1. The van der Waals surface area contributed by atoms with Crippen LogP contribution < -0.4 is 0 Å². The van der Waals surface area contributed by atoms with Crippen LogP contribution in [0.1, 0.15) is 6.92 Å². The fraction of sp³-hybridized carbons (Fsp3) is 0.500. The van der Waals surface area contributed by atoms with Crippen molar-refractivity contribution in [3.05, 3.63) is 0 Å². The first-order valence-corrected chi connectivity index (χ1v) is 1.44. The molecule has 0 heterocycles. The number of hydrogen-bond acceptors (Lipinski definition) is 2. The van der Waals surface area contributed by atoms with E-state index in [9.17, 15) is 0 Å². The molecule has 0 aromatic heterocycles. The molecule has 2 heteroatoms. The quantitative estimate of drug-likeness (QED) is 0.325. The van der Waals surface area contributed by atoms with Crippen LogP contribution in [0.2, 0.25) is 0 Å². The molecule has 0 aliphatic heterocycles. The fourth-order valence-corrected chi connectivity index (χ4v) is 0. The molecule has 4 heavy (non-hydrogen) atoms. The molecular formula is C2H5NS. The summed E-state index contributed by atoms with van der Waals surface area (Å²) >= 11 is 3.49. The lowest BCUT2D eigenvalue weighted by atomic mass is 10.9. The van der Waals surface area contributed by atoms with E-state index < -0.39 is 0 Å². The van der Waals surface area contributed by atoms with Crippen LogP contribution in [0.25, 0.3) is 0 Å². The Morgan fingerprint density at radius 2 is 2.25 bits per heavy atom. The maximum Gasteiger partial charge on any atom is 0.00917 e. The number of rotatable bonds is 0. The van der Waals surface area contributed by atoms with Gasteiger partial charge in [-0.15, -0.1) is 0 Å². The van der Waals surface area contributed by atoms with Gasteiger partial charge in [0.15, 0.2) is 0 Å². The molecule has 1 nitrogen and oxygen atoms in total. The number of hydrogen-bond donors (Lipinski definition) is 1. The molecule has 0 unspecified atom stereocenters. The van der Waals surface area contributed by atoms with Gasteiger partial charge < -0.3 is 0 Å². The molecule has 0 atom stereocenters. The predicted octanol–water partition coefficient (Wildman–Crippen LogP) is 0.922. The minimum atomic E-state index is 1.61. The lowest BCUT2D eigenvalue weighted by molar-refractivity contribution is 1.90. The summed E-state index contributed by atoms with van der Waals surface area (Å²) < 4.78 is 3.31. The molecule has 0 aromatic carbocycles. The third-order valence-electron chi connectivity index (χ3n) is 0.115. The van der Waals surface area contributed by atoms with E-state index in [0.717, 1.165) is 0 Å². The molecule has 0 N–H and O–H groups in total. The summed E-state index contributed by atoms with van der Waals surface area (Å²) in [6, 6.07) is 0. The smallest absolute Gasteiger partial charge is 0.00917 e. The first-order chi connectivity index (χ1) is 1.91. The average molecular weight is 75.1 g/mol. The summed E-state index contributed by atoms with van der Waals surface area (Å²) in [6.45, 7) is 1.81. The third kappa shape index (κ3) is 2.02. The van der Waals surface area contributed by atoms with Gasteiger partial charge in [-0.25, -0.2) is 4.40 Å². The highest BCUT2D eigenvalue weighted by Gasteiger charge is 1.34. The van der Waals surface area contributed by atoms with E-state index in [0.29, 0.717) is 0 Å². The van der Waals surface area contributed by atoms with E-state index in [1.54, 1.807) is 6.21 Å². The maximum atomic E-state index is 3.49. The van der Waals surface area contributed by atoms with Gasteiger partial charge in [0.05, 0.1) is 0 Å². The summed E-state index contributed by atoms with van der Waals surface area (Å²) in [4.78, 5) is 0. The van der Waals surface area contributed by atoms with E-state index in [1.807, 2.05) is 6.92 Å². The summed E-state index contributed by atoms with van der Waals surface area (Å²) in [6.07, 6.45) is 1.61. The van der Waals surface area contributed by atoms with Crippen LogP contribution in [0.4, 0.5) is 0 Å². The normalized spacial score (nSPS) is 9.50. The van der Waals surface area contributed by atoms with E-state index in [1.165, 1.54) is 0 Å². The van der Waals surface area contributed by atoms with Crippen molar-refractivity contribution >= 4 is 19.0 Å². The van der Waals surface area contributed by atoms with Gasteiger partial charge in [0.1, 0.15) is 0 Å². The molecule has 0 aliphatic rings. The average Bonchev–Trinajstić information content (AvgIpc) is 1.37. The van der Waals surface area contributed by atoms with Gasteiger partial charge in [0, 0.05) is 6.21 Å². The van der Waals surface area contributed by atoms with Crippen LogP contribution in [0.3, 0.4) is 0 Å². The summed E-state index contributed by atoms with van der Waals surface area (Å²) in [5.74, 6) is 0. The highest BCUT2D eigenvalue weighted by molar-refractivity contribution is 7.78. The Labute approximate surface area is 31.3 Å². The van der Waals surface area contributed by atoms with Crippen LogP contribution in [0, 0.1) is 0 Å². The zero-order chi connectivity index (χ0) is 3.41. The van der Waals surface area contributed by atoms with Gasteiger partial charge in [0.2, 0.25) is 0 Å². The zero-order valence-corrected chi connectivity index (χ0v) is 3.37. The molecule has 0 fully saturated rings. The molecule has 0 amide bonds. The molecule has 0 spiro atoms. The maximum absolute atomic E-state index is 3.49. The molecule has 0 bridgehead atoms. The minimum Gasteiger partial charge on any atom is -0.233 e. The molecular weight excluding hydrogens is 70.1 g/mol. The van der Waals surface area contributed by atoms with Crippen LogP contribution >= 0.6 is 12.8 Å². The van der Waals surface area contributed by atoms with E-state index in [-0.39, 0.29) is 0 Å². The largest absolute Gasteiger partial charge is 0.233 e. The first kappa shape index (κ1) is 4.02. The SMILES string of the molecule is CC=NS. The van der Waals surface area contributed by atoms with Gasteiger partial charge in [0.25, 0.3) is 0 Å². The van der Waals surface area contributed by atoms with Crippen molar-refractivity contribution < 1.29 is 0 Å². The fourth-order valence-electron chi connectivity index (χ4n) is 0. The second-order valence-corrected chi connectivity index (χ2v) is 0.605. The summed E-state index contributed by atoms with van der Waals surface area (Å²) in [7, 11) is 0. The van der Waals surface area contributed by atoms with Crippen LogP contribution in [-0.4, -0.2) is 6.21 Å². The molecule has 0 aromatic rings. The lowest BCUT2D eigenvalue weighted by Gasteiger charge is -1.51. The van der Waals surface area contributed by atoms with Gasteiger partial charge in [-0.1, -0.05) is 0 Å². The van der Waals surface area contributed by atoms with Crippen LogP contribution in [0.15, 0.2) is 4.40 Å². The summed E-state index contributed by atoms with van der Waals surface area (Å²) in [5.41, 5.74) is 0. The third-order valence-corrected chi connectivity index (χ3v) is 0.346. The Balaban J connectivity index is 2.55. The Kier molecular flexibility index (Phi) is 3.04. The van der Waals surface area contributed by atoms with E-state index in [4.69, 9.17) is 0 Å². The Morgan fingerprint density at radius 3 is 2.25 bits per heavy atom. The van der Waals surface area contributed by atoms with Crippen molar-refractivity contribution in [2.75, 3.05) is 0 Å². The monoisotopic (exact) mass is 75.0 g/mol. The topological polar surface area (TPSA) is 12.4 Å². The van der Waals surface area contributed by atoms with Gasteiger partial charge in [-0.05, 0) is 19.7 Å². The standard InChI is InChI=1S/C2H5NS/c1-2-3-4/h2,4H,1H3. The Hall–Kier alpha value is 0.0200. The van der Waals surface area contributed by atoms with Crippen LogP contribution in [0.5, 0.6) is 0 Å². The first-order valence-electron chi connectivity index (χ1n) is 1.04. The lowest BCUT2D eigenvalue weighted by Crippen LogP contribution is -1.39. The van der Waals surface area contributed by atoms with E-state index >= 15 is 0 Å². The molecule has 0 saturated carbocycles. The minimum absolute atomic E-state index is 1.61. The van der Waals surface area contributed by atoms with Crippen molar-refractivity contribution in [1.29, 1.82) is 0 Å². The van der Waals surface area contributed by atoms with Gasteiger partial charge >= 0.3 is 0 Å². The van der Waals surface area contributed by atoms with E-state index in [2.05, 4.69) is 17.2 Å². The molecule has 0 rings (SSSR count). The van der Waals surface area contributed by atoms with Crippen molar-refractivity contribution in [1.82, 2.24) is 0 Å². The molecule has 24 valence electrons. The number of thiol groups is 1. The highest BCUT2D eigenvalue weighted by Crippen LogP contribution is 1.62. The second-order valence-electron chi connectivity index (χ2n) is 0.374. The molecule has 0 radical (unpaired) electrons. The van der Waals surface area contributed by atoms with Gasteiger partial charge in [-0.2, -0.15) is 0 Å². The molecule has 0 aliphatic carbocycles. The Bertz CT molecular complexity index is 21.2. The second kappa shape index (κ2) is 3.02. The van der Waals surface area contributed by atoms with Crippen molar-refractivity contribution in [3.8, 4) is 0 Å². The molecule has 0 saturated heterocycles. The van der Waals surface area contributed by atoms with Crippen molar-refractivity contribution in [2.24, 2.45) is 4.40 Å². The Morgan fingerprint density at radius 1 is 2.00 bits per heavy atom. The summed E-state index contributed by atoms with van der Waals surface area (Å²) in [5, 5.41) is 0. The predicted molar refractivity (Wildman–Crippen MR) is 23.2 cm³/mol.